The summed E-state index contributed by atoms with van der Waals surface area (Å²) in [5.74, 6) is 0.272. The first-order chi connectivity index (χ1) is 9.09. The predicted octanol–water partition coefficient (Wildman–Crippen LogP) is 1.84. The van der Waals surface area contributed by atoms with Crippen LogP contribution in [0.2, 0.25) is 0 Å². The van der Waals surface area contributed by atoms with Gasteiger partial charge >= 0.3 is 0 Å². The molecule has 1 saturated carbocycles. The highest BCUT2D eigenvalue weighted by Crippen LogP contribution is 2.29. The number of rotatable bonds is 6. The molecule has 1 amide bonds. The molecule has 1 fully saturated rings. The number of carbonyl (C=O) groups is 1. The van der Waals surface area contributed by atoms with Gasteiger partial charge in [-0.15, -0.1) is 0 Å². The summed E-state index contributed by atoms with van der Waals surface area (Å²) in [4.78, 5) is 22.0. The number of nitro benzene ring substituents is 1. The van der Waals surface area contributed by atoms with Crippen molar-refractivity contribution in [1.29, 1.82) is 0 Å². The van der Waals surface area contributed by atoms with Gasteiger partial charge < -0.3 is 10.6 Å². The van der Waals surface area contributed by atoms with E-state index in [-0.39, 0.29) is 22.4 Å². The molecule has 0 aliphatic heterocycles. The average molecular weight is 263 g/mol. The zero-order valence-corrected chi connectivity index (χ0v) is 10.8. The monoisotopic (exact) mass is 263 g/mol. The smallest absolute Gasteiger partial charge is 0.295 e. The topological polar surface area (TPSA) is 84.3 Å². The molecule has 0 unspecified atom stereocenters. The molecular formula is C13H17N3O3. The maximum atomic E-state index is 11.4. The molecule has 1 aromatic carbocycles. The Bertz CT molecular complexity index is 498. The first-order valence-electron chi connectivity index (χ1n) is 6.35. The second-order valence-corrected chi connectivity index (χ2v) is 4.72. The van der Waals surface area contributed by atoms with Crippen molar-refractivity contribution in [2.24, 2.45) is 5.92 Å². The SMILES string of the molecule is Cc1cccc(NCCNC(=O)C2CC2)c1[N+](=O)[O-]. The van der Waals surface area contributed by atoms with E-state index >= 15 is 0 Å². The van der Waals surface area contributed by atoms with Crippen LogP contribution in [0, 0.1) is 23.0 Å². The van der Waals surface area contributed by atoms with Crippen molar-refractivity contribution in [3.63, 3.8) is 0 Å². The third-order valence-electron chi connectivity index (χ3n) is 3.11. The molecular weight excluding hydrogens is 246 g/mol. The molecule has 0 aromatic heterocycles. The number of benzene rings is 1. The number of para-hydroxylation sites is 1. The average Bonchev–Trinajstić information content (AvgIpc) is 3.18. The van der Waals surface area contributed by atoms with Gasteiger partial charge in [-0.1, -0.05) is 12.1 Å². The lowest BCUT2D eigenvalue weighted by molar-refractivity contribution is -0.384. The number of nitrogens with one attached hydrogen (secondary N) is 2. The third-order valence-corrected chi connectivity index (χ3v) is 3.11. The van der Waals surface area contributed by atoms with Gasteiger partial charge in [0.1, 0.15) is 5.69 Å². The fourth-order valence-corrected chi connectivity index (χ4v) is 1.92. The van der Waals surface area contributed by atoms with Crippen molar-refractivity contribution in [3.8, 4) is 0 Å². The molecule has 1 aliphatic rings. The van der Waals surface area contributed by atoms with Gasteiger partial charge in [-0.25, -0.2) is 0 Å². The molecule has 0 spiro atoms. The van der Waals surface area contributed by atoms with Crippen molar-refractivity contribution in [2.45, 2.75) is 19.8 Å². The van der Waals surface area contributed by atoms with E-state index in [0.717, 1.165) is 12.8 Å². The first-order valence-corrected chi connectivity index (χ1v) is 6.35. The first kappa shape index (κ1) is 13.3. The summed E-state index contributed by atoms with van der Waals surface area (Å²) in [6.07, 6.45) is 1.95. The highest BCUT2D eigenvalue weighted by atomic mass is 16.6. The van der Waals surface area contributed by atoms with Crippen LogP contribution in [0.1, 0.15) is 18.4 Å². The van der Waals surface area contributed by atoms with Gasteiger partial charge in [0, 0.05) is 24.6 Å². The Morgan fingerprint density at radius 1 is 1.42 bits per heavy atom. The molecule has 0 saturated heterocycles. The van der Waals surface area contributed by atoms with Crippen LogP contribution < -0.4 is 10.6 Å². The molecule has 2 N–H and O–H groups in total. The Morgan fingerprint density at radius 3 is 2.79 bits per heavy atom. The normalized spacial score (nSPS) is 13.9. The lowest BCUT2D eigenvalue weighted by Gasteiger charge is -2.09. The molecule has 0 atom stereocenters. The molecule has 1 aromatic rings. The number of carbonyl (C=O) groups excluding carboxylic acids is 1. The van der Waals surface area contributed by atoms with Gasteiger partial charge in [-0.2, -0.15) is 0 Å². The maximum absolute atomic E-state index is 11.4. The van der Waals surface area contributed by atoms with Crippen LogP contribution in [0.5, 0.6) is 0 Å². The van der Waals surface area contributed by atoms with Crippen molar-refractivity contribution in [2.75, 3.05) is 18.4 Å². The van der Waals surface area contributed by atoms with Gasteiger partial charge in [0.15, 0.2) is 0 Å². The fraction of sp³-hybridized carbons (Fsp3) is 0.462. The Balaban J connectivity index is 1.86. The summed E-state index contributed by atoms with van der Waals surface area (Å²) in [5, 5.41) is 16.8. The van der Waals surface area contributed by atoms with Crippen molar-refractivity contribution >= 4 is 17.3 Å². The minimum absolute atomic E-state index is 0.0838. The zero-order valence-electron chi connectivity index (χ0n) is 10.8. The predicted molar refractivity (Wildman–Crippen MR) is 72.1 cm³/mol. The lowest BCUT2D eigenvalue weighted by atomic mass is 10.1. The van der Waals surface area contributed by atoms with Crippen LogP contribution >= 0.6 is 0 Å². The van der Waals surface area contributed by atoms with Gasteiger partial charge in [-0.05, 0) is 25.8 Å². The lowest BCUT2D eigenvalue weighted by Crippen LogP contribution is -2.29. The van der Waals surface area contributed by atoms with Crippen LogP contribution in [0.4, 0.5) is 11.4 Å². The maximum Gasteiger partial charge on any atom is 0.295 e. The minimum atomic E-state index is -0.388. The summed E-state index contributed by atoms with van der Waals surface area (Å²) in [7, 11) is 0. The van der Waals surface area contributed by atoms with Crippen LogP contribution in [0.15, 0.2) is 18.2 Å². The molecule has 0 heterocycles. The molecule has 19 heavy (non-hydrogen) atoms. The molecule has 6 nitrogen and oxygen atoms in total. The van der Waals surface area contributed by atoms with E-state index in [1.807, 2.05) is 0 Å². The van der Waals surface area contributed by atoms with E-state index in [9.17, 15) is 14.9 Å². The highest BCUT2D eigenvalue weighted by Gasteiger charge is 2.29. The summed E-state index contributed by atoms with van der Waals surface area (Å²) < 4.78 is 0. The van der Waals surface area contributed by atoms with Crippen molar-refractivity contribution in [1.82, 2.24) is 5.32 Å². The zero-order chi connectivity index (χ0) is 13.8. The van der Waals surface area contributed by atoms with Crippen LogP contribution in [-0.4, -0.2) is 23.9 Å². The minimum Gasteiger partial charge on any atom is -0.378 e. The summed E-state index contributed by atoms with van der Waals surface area (Å²) in [6, 6.07) is 5.15. The quantitative estimate of drug-likeness (QED) is 0.466. The van der Waals surface area contributed by atoms with E-state index in [4.69, 9.17) is 0 Å². The van der Waals surface area contributed by atoms with E-state index in [1.165, 1.54) is 0 Å². The second kappa shape index (κ2) is 5.69. The largest absolute Gasteiger partial charge is 0.378 e. The Morgan fingerprint density at radius 2 is 2.16 bits per heavy atom. The number of amides is 1. The van der Waals surface area contributed by atoms with Crippen LogP contribution in [0.3, 0.4) is 0 Å². The van der Waals surface area contributed by atoms with Gasteiger partial charge in [0.05, 0.1) is 4.92 Å². The van der Waals surface area contributed by atoms with Gasteiger partial charge in [-0.3, -0.25) is 14.9 Å². The molecule has 0 radical (unpaired) electrons. The molecule has 0 bridgehead atoms. The van der Waals surface area contributed by atoms with E-state index in [0.29, 0.717) is 24.3 Å². The van der Waals surface area contributed by atoms with Gasteiger partial charge in [0.25, 0.3) is 5.69 Å². The Labute approximate surface area is 111 Å². The fourth-order valence-electron chi connectivity index (χ4n) is 1.92. The summed E-state index contributed by atoms with van der Waals surface area (Å²) in [5.41, 5.74) is 1.21. The standard InChI is InChI=1S/C13H17N3O3/c1-9-3-2-4-11(12(9)16(18)19)14-7-8-15-13(17)10-5-6-10/h2-4,10,14H,5-8H2,1H3,(H,15,17). The summed E-state index contributed by atoms with van der Waals surface area (Å²) >= 11 is 0. The van der Waals surface area contributed by atoms with Crippen molar-refractivity contribution in [3.05, 3.63) is 33.9 Å². The van der Waals surface area contributed by atoms with Crippen molar-refractivity contribution < 1.29 is 9.72 Å². The van der Waals surface area contributed by atoms with E-state index in [1.54, 1.807) is 25.1 Å². The Hall–Kier alpha value is -2.11. The van der Waals surface area contributed by atoms with E-state index < -0.39 is 0 Å². The summed E-state index contributed by atoms with van der Waals surface area (Å²) in [6.45, 7) is 2.65. The number of aryl methyl sites for hydroxylation is 1. The molecule has 2 rings (SSSR count). The second-order valence-electron chi connectivity index (χ2n) is 4.72. The third kappa shape index (κ3) is 3.43. The number of hydrogen-bond acceptors (Lipinski definition) is 4. The Kier molecular flexibility index (Phi) is 3.99. The molecule has 1 aliphatic carbocycles. The molecule has 6 heteroatoms. The van der Waals surface area contributed by atoms with Crippen LogP contribution in [-0.2, 0) is 4.79 Å². The van der Waals surface area contributed by atoms with E-state index in [2.05, 4.69) is 10.6 Å². The number of anilines is 1. The van der Waals surface area contributed by atoms with Gasteiger partial charge in [0.2, 0.25) is 5.91 Å². The number of hydrogen-bond donors (Lipinski definition) is 2. The molecule has 102 valence electrons. The highest BCUT2D eigenvalue weighted by molar-refractivity contribution is 5.80. The number of nitro groups is 1. The van der Waals surface area contributed by atoms with Crippen LogP contribution in [0.25, 0.3) is 0 Å². The number of nitrogens with zero attached hydrogens (tertiary/aromatic N) is 1.